The van der Waals surface area contributed by atoms with E-state index in [2.05, 4.69) is 4.72 Å². The lowest BCUT2D eigenvalue weighted by Gasteiger charge is -2.27. The minimum atomic E-state index is -4.00. The zero-order chi connectivity index (χ0) is 19.4. The first kappa shape index (κ1) is 19.5. The van der Waals surface area contributed by atoms with E-state index in [1.54, 1.807) is 35.2 Å². The Morgan fingerprint density at radius 3 is 2.52 bits per heavy atom. The second-order valence-electron chi connectivity index (χ2n) is 6.30. The number of sulfonamides is 1. The Labute approximate surface area is 164 Å². The Balaban J connectivity index is 1.94. The molecule has 0 atom stereocenters. The quantitative estimate of drug-likeness (QED) is 0.816. The van der Waals surface area contributed by atoms with Crippen LogP contribution in [0.5, 0.6) is 5.75 Å². The van der Waals surface area contributed by atoms with Gasteiger partial charge in [0.1, 0.15) is 10.6 Å². The molecule has 3 rings (SSSR count). The molecule has 1 saturated heterocycles. The highest BCUT2D eigenvalue weighted by molar-refractivity contribution is 7.92. The molecule has 2 aromatic carbocycles. The molecule has 2 aromatic rings. The molecule has 1 fully saturated rings. The summed E-state index contributed by atoms with van der Waals surface area (Å²) < 4.78 is 33.5. The molecular formula is C19H21ClN2O4S. The van der Waals surface area contributed by atoms with E-state index in [1.165, 1.54) is 19.2 Å². The smallest absolute Gasteiger partial charge is 0.265 e. The van der Waals surface area contributed by atoms with Crippen molar-refractivity contribution >= 4 is 33.2 Å². The maximum absolute atomic E-state index is 12.9. The van der Waals surface area contributed by atoms with Gasteiger partial charge in [0.2, 0.25) is 0 Å². The second-order valence-corrected chi connectivity index (χ2v) is 8.39. The van der Waals surface area contributed by atoms with Gasteiger partial charge in [0.05, 0.1) is 18.4 Å². The predicted octanol–water partition coefficient (Wildman–Crippen LogP) is 3.78. The molecule has 144 valence electrons. The number of methoxy groups -OCH3 is 1. The molecule has 0 spiro atoms. The molecule has 0 aliphatic carbocycles. The van der Waals surface area contributed by atoms with Crippen molar-refractivity contribution in [2.45, 2.75) is 24.2 Å². The van der Waals surface area contributed by atoms with Gasteiger partial charge in [-0.2, -0.15) is 0 Å². The van der Waals surface area contributed by atoms with Gasteiger partial charge in [-0.1, -0.05) is 23.7 Å². The lowest BCUT2D eigenvalue weighted by atomic mass is 10.1. The Kier molecular flexibility index (Phi) is 5.92. The molecule has 0 saturated carbocycles. The molecule has 6 nitrogen and oxygen atoms in total. The highest BCUT2D eigenvalue weighted by Gasteiger charge is 2.25. The van der Waals surface area contributed by atoms with E-state index < -0.39 is 10.0 Å². The van der Waals surface area contributed by atoms with E-state index in [9.17, 15) is 13.2 Å². The molecule has 0 bridgehead atoms. The van der Waals surface area contributed by atoms with Gasteiger partial charge in [-0.05, 0) is 49.6 Å². The number of piperidine rings is 1. The number of ether oxygens (including phenoxy) is 1. The summed E-state index contributed by atoms with van der Waals surface area (Å²) in [5, 5.41) is 0.272. The van der Waals surface area contributed by atoms with E-state index in [4.69, 9.17) is 16.3 Å². The molecule has 1 N–H and O–H groups in total. The first-order chi connectivity index (χ1) is 12.9. The molecule has 0 unspecified atom stereocenters. The zero-order valence-electron chi connectivity index (χ0n) is 14.9. The van der Waals surface area contributed by atoms with Crippen LogP contribution in [0.3, 0.4) is 0 Å². The van der Waals surface area contributed by atoms with Gasteiger partial charge in [-0.3, -0.25) is 9.52 Å². The Morgan fingerprint density at radius 2 is 1.81 bits per heavy atom. The number of benzene rings is 2. The van der Waals surface area contributed by atoms with Gasteiger partial charge in [0, 0.05) is 18.1 Å². The molecule has 8 heteroatoms. The van der Waals surface area contributed by atoms with Crippen molar-refractivity contribution in [3.8, 4) is 5.75 Å². The van der Waals surface area contributed by atoms with E-state index in [0.29, 0.717) is 18.7 Å². The molecule has 1 aliphatic heterocycles. The summed E-state index contributed by atoms with van der Waals surface area (Å²) in [6.45, 7) is 1.37. The molecule has 1 aliphatic rings. The highest BCUT2D eigenvalue weighted by Crippen LogP contribution is 2.30. The normalized spacial score (nSPS) is 14.7. The van der Waals surface area contributed by atoms with Crippen LogP contribution in [-0.2, 0) is 10.0 Å². The van der Waals surface area contributed by atoms with Gasteiger partial charge < -0.3 is 9.64 Å². The van der Waals surface area contributed by atoms with Crippen molar-refractivity contribution in [1.29, 1.82) is 0 Å². The number of hydrogen-bond acceptors (Lipinski definition) is 4. The highest BCUT2D eigenvalue weighted by atomic mass is 35.5. The van der Waals surface area contributed by atoms with Gasteiger partial charge in [0.15, 0.2) is 0 Å². The number of para-hydroxylation sites is 1. The summed E-state index contributed by atoms with van der Waals surface area (Å²) >= 11 is 5.96. The van der Waals surface area contributed by atoms with Crippen molar-refractivity contribution in [1.82, 2.24) is 4.90 Å². The molecular weight excluding hydrogens is 388 g/mol. The van der Waals surface area contributed by atoms with E-state index >= 15 is 0 Å². The van der Waals surface area contributed by atoms with Crippen LogP contribution < -0.4 is 9.46 Å². The van der Waals surface area contributed by atoms with Crippen LogP contribution in [0.15, 0.2) is 47.4 Å². The Hall–Kier alpha value is -2.25. The number of hydrogen-bond donors (Lipinski definition) is 1. The Bertz CT molecular complexity index is 940. The fourth-order valence-electron chi connectivity index (χ4n) is 3.09. The minimum Gasteiger partial charge on any atom is -0.495 e. The standard InChI is InChI=1S/C19H21ClN2O4S/c1-26-17-10-9-14(20)13-18(17)27(24,25)21-16-8-4-3-7-15(16)19(23)22-11-5-2-6-12-22/h3-4,7-10,13,21H,2,5-6,11-12H2,1H3. The molecule has 0 aromatic heterocycles. The number of carbonyl (C=O) groups excluding carboxylic acids is 1. The van der Waals surface area contributed by atoms with Crippen LogP contribution in [0.4, 0.5) is 5.69 Å². The van der Waals surface area contributed by atoms with Crippen molar-refractivity contribution < 1.29 is 17.9 Å². The Morgan fingerprint density at radius 1 is 1.11 bits per heavy atom. The number of anilines is 1. The van der Waals surface area contributed by atoms with E-state index in [1.807, 2.05) is 0 Å². The van der Waals surface area contributed by atoms with Crippen LogP contribution in [0, 0.1) is 0 Å². The van der Waals surface area contributed by atoms with E-state index in [-0.39, 0.29) is 27.3 Å². The number of rotatable bonds is 5. The number of amides is 1. The van der Waals surface area contributed by atoms with Crippen LogP contribution >= 0.6 is 11.6 Å². The van der Waals surface area contributed by atoms with Crippen LogP contribution in [0.25, 0.3) is 0 Å². The maximum Gasteiger partial charge on any atom is 0.265 e. The largest absolute Gasteiger partial charge is 0.495 e. The van der Waals surface area contributed by atoms with Gasteiger partial charge >= 0.3 is 0 Å². The SMILES string of the molecule is COc1ccc(Cl)cc1S(=O)(=O)Nc1ccccc1C(=O)N1CCCCC1. The predicted molar refractivity (Wildman–Crippen MR) is 105 cm³/mol. The van der Waals surface area contributed by atoms with Crippen molar-refractivity contribution in [3.63, 3.8) is 0 Å². The van der Waals surface area contributed by atoms with Crippen LogP contribution in [-0.4, -0.2) is 39.4 Å². The molecule has 1 heterocycles. The third-order valence-corrected chi connectivity index (χ3v) is 6.08. The number of halogens is 1. The van der Waals surface area contributed by atoms with Gasteiger partial charge in [0.25, 0.3) is 15.9 Å². The topological polar surface area (TPSA) is 75.7 Å². The summed E-state index contributed by atoms with van der Waals surface area (Å²) in [5.41, 5.74) is 0.555. The summed E-state index contributed by atoms with van der Waals surface area (Å²) in [6, 6.07) is 11.0. The lowest BCUT2D eigenvalue weighted by molar-refractivity contribution is 0.0725. The maximum atomic E-state index is 12.9. The average molecular weight is 409 g/mol. The first-order valence-electron chi connectivity index (χ1n) is 8.67. The average Bonchev–Trinajstić information content (AvgIpc) is 2.68. The number of nitrogens with zero attached hydrogens (tertiary/aromatic N) is 1. The molecule has 1 amide bonds. The van der Waals surface area contributed by atoms with Crippen molar-refractivity contribution in [3.05, 3.63) is 53.1 Å². The summed E-state index contributed by atoms with van der Waals surface area (Å²) in [5.74, 6) is -0.00204. The summed E-state index contributed by atoms with van der Waals surface area (Å²) in [4.78, 5) is 14.5. The molecule has 0 radical (unpaired) electrons. The third-order valence-electron chi connectivity index (χ3n) is 4.46. The number of likely N-dealkylation sites (tertiary alicyclic amines) is 1. The first-order valence-corrected chi connectivity index (χ1v) is 10.5. The second kappa shape index (κ2) is 8.19. The van der Waals surface area contributed by atoms with Gasteiger partial charge in [-0.25, -0.2) is 8.42 Å². The van der Waals surface area contributed by atoms with Crippen LogP contribution in [0.2, 0.25) is 5.02 Å². The fraction of sp³-hybridized carbons (Fsp3) is 0.316. The summed E-state index contributed by atoms with van der Waals surface area (Å²) in [6.07, 6.45) is 3.02. The molecule has 27 heavy (non-hydrogen) atoms. The lowest BCUT2D eigenvalue weighted by Crippen LogP contribution is -2.36. The van der Waals surface area contributed by atoms with Crippen molar-refractivity contribution in [2.75, 3.05) is 24.9 Å². The van der Waals surface area contributed by atoms with Crippen LogP contribution in [0.1, 0.15) is 29.6 Å². The minimum absolute atomic E-state index is 0.0854. The zero-order valence-corrected chi connectivity index (χ0v) is 16.5. The van der Waals surface area contributed by atoms with Crippen molar-refractivity contribution in [2.24, 2.45) is 0 Å². The monoisotopic (exact) mass is 408 g/mol. The third kappa shape index (κ3) is 4.36. The fourth-order valence-corrected chi connectivity index (χ4v) is 4.60. The van der Waals surface area contributed by atoms with E-state index in [0.717, 1.165) is 19.3 Å². The number of carbonyl (C=O) groups is 1. The number of nitrogens with one attached hydrogen (secondary N) is 1. The summed E-state index contributed by atoms with van der Waals surface area (Å²) in [7, 11) is -2.61. The van der Waals surface area contributed by atoms with Gasteiger partial charge in [-0.15, -0.1) is 0 Å².